The molecule has 0 aliphatic carbocycles. The summed E-state index contributed by atoms with van der Waals surface area (Å²) in [5, 5.41) is 11.9. The molecular formula is C15H25NO4. The number of aliphatic hydroxyl groups excluding tert-OH is 1. The van der Waals surface area contributed by atoms with Crippen molar-refractivity contribution in [2.45, 2.75) is 19.9 Å². The summed E-state index contributed by atoms with van der Waals surface area (Å²) < 4.78 is 16.2. The van der Waals surface area contributed by atoms with Crippen molar-refractivity contribution in [1.82, 2.24) is 5.32 Å². The lowest BCUT2D eigenvalue weighted by Gasteiger charge is -2.14. The summed E-state index contributed by atoms with van der Waals surface area (Å²) in [7, 11) is 1.66. The molecule has 0 aromatic heterocycles. The zero-order chi connectivity index (χ0) is 14.6. The van der Waals surface area contributed by atoms with Crippen molar-refractivity contribution in [2.75, 3.05) is 40.1 Å². The Morgan fingerprint density at radius 2 is 2.10 bits per heavy atom. The lowest BCUT2D eigenvalue weighted by atomic mass is 10.2. The van der Waals surface area contributed by atoms with Crippen molar-refractivity contribution in [2.24, 2.45) is 0 Å². The van der Waals surface area contributed by atoms with Gasteiger partial charge in [-0.3, -0.25) is 0 Å². The standard InChI is InChI=1S/C15H25NO4/c1-3-20-14-7-4-6-13(15(14)18-2)12-16-8-5-10-19-11-9-17/h4,6-7,16-17H,3,5,8-12H2,1-2H3. The second-order valence-electron chi connectivity index (χ2n) is 4.25. The molecule has 5 nitrogen and oxygen atoms in total. The minimum atomic E-state index is 0.0782. The van der Waals surface area contributed by atoms with Gasteiger partial charge in [0.1, 0.15) is 0 Å². The second kappa shape index (κ2) is 10.5. The Morgan fingerprint density at radius 3 is 2.80 bits per heavy atom. The maximum absolute atomic E-state index is 8.58. The Hall–Kier alpha value is -1.30. The highest BCUT2D eigenvalue weighted by Gasteiger charge is 2.09. The van der Waals surface area contributed by atoms with Crippen molar-refractivity contribution in [3.63, 3.8) is 0 Å². The van der Waals surface area contributed by atoms with Gasteiger partial charge in [-0.25, -0.2) is 0 Å². The number of methoxy groups -OCH3 is 1. The number of rotatable bonds is 11. The number of para-hydroxylation sites is 1. The summed E-state index contributed by atoms with van der Waals surface area (Å²) in [4.78, 5) is 0. The highest BCUT2D eigenvalue weighted by Crippen LogP contribution is 2.30. The third-order valence-corrected chi connectivity index (χ3v) is 2.76. The third-order valence-electron chi connectivity index (χ3n) is 2.76. The molecule has 5 heteroatoms. The van der Waals surface area contributed by atoms with E-state index in [-0.39, 0.29) is 6.61 Å². The molecule has 1 aromatic carbocycles. The van der Waals surface area contributed by atoms with Crippen molar-refractivity contribution < 1.29 is 19.3 Å². The van der Waals surface area contributed by atoms with E-state index in [1.807, 2.05) is 25.1 Å². The number of aliphatic hydroxyl groups is 1. The van der Waals surface area contributed by atoms with Crippen LogP contribution in [-0.2, 0) is 11.3 Å². The zero-order valence-corrected chi connectivity index (χ0v) is 12.4. The molecule has 114 valence electrons. The maximum Gasteiger partial charge on any atom is 0.165 e. The molecule has 0 fully saturated rings. The van der Waals surface area contributed by atoms with Crippen LogP contribution < -0.4 is 14.8 Å². The average molecular weight is 283 g/mol. The van der Waals surface area contributed by atoms with E-state index in [1.54, 1.807) is 7.11 Å². The number of benzene rings is 1. The zero-order valence-electron chi connectivity index (χ0n) is 12.4. The van der Waals surface area contributed by atoms with Crippen LogP contribution in [-0.4, -0.2) is 45.2 Å². The molecule has 0 radical (unpaired) electrons. The molecule has 0 amide bonds. The predicted octanol–water partition coefficient (Wildman–Crippen LogP) is 1.58. The van der Waals surface area contributed by atoms with E-state index >= 15 is 0 Å². The lowest BCUT2D eigenvalue weighted by molar-refractivity contribution is 0.0907. The van der Waals surface area contributed by atoms with Gasteiger partial charge in [0, 0.05) is 18.7 Å². The Balaban J connectivity index is 2.37. The molecular weight excluding hydrogens is 258 g/mol. The fraction of sp³-hybridized carbons (Fsp3) is 0.600. The van der Waals surface area contributed by atoms with Crippen LogP contribution in [0.15, 0.2) is 18.2 Å². The highest BCUT2D eigenvalue weighted by atomic mass is 16.5. The molecule has 2 N–H and O–H groups in total. The molecule has 0 spiro atoms. The molecule has 0 aliphatic heterocycles. The normalized spacial score (nSPS) is 10.6. The van der Waals surface area contributed by atoms with E-state index in [9.17, 15) is 0 Å². The minimum absolute atomic E-state index is 0.0782. The fourth-order valence-corrected chi connectivity index (χ4v) is 1.89. The Kier molecular flexibility index (Phi) is 8.78. The van der Waals surface area contributed by atoms with E-state index < -0.39 is 0 Å². The average Bonchev–Trinajstić information content (AvgIpc) is 2.47. The van der Waals surface area contributed by atoms with E-state index in [2.05, 4.69) is 5.32 Å². The Bertz CT molecular complexity index is 371. The predicted molar refractivity (Wildman–Crippen MR) is 78.4 cm³/mol. The molecule has 1 rings (SSSR count). The monoisotopic (exact) mass is 283 g/mol. The van der Waals surface area contributed by atoms with E-state index in [1.165, 1.54) is 0 Å². The van der Waals surface area contributed by atoms with Crippen LogP contribution in [0.1, 0.15) is 18.9 Å². The van der Waals surface area contributed by atoms with Crippen molar-refractivity contribution in [1.29, 1.82) is 0 Å². The first kappa shape index (κ1) is 16.8. The van der Waals surface area contributed by atoms with Gasteiger partial charge in [-0.05, 0) is 26.0 Å². The SMILES string of the molecule is CCOc1cccc(CNCCCOCCO)c1OC. The maximum atomic E-state index is 8.58. The number of hydrogen-bond donors (Lipinski definition) is 2. The smallest absolute Gasteiger partial charge is 0.165 e. The van der Waals surface area contributed by atoms with Gasteiger partial charge in [0.05, 0.1) is 26.9 Å². The van der Waals surface area contributed by atoms with Crippen LogP contribution in [0.5, 0.6) is 11.5 Å². The van der Waals surface area contributed by atoms with Crippen molar-refractivity contribution >= 4 is 0 Å². The largest absolute Gasteiger partial charge is 0.493 e. The van der Waals surface area contributed by atoms with Gasteiger partial charge in [-0.2, -0.15) is 0 Å². The van der Waals surface area contributed by atoms with Crippen LogP contribution in [0.4, 0.5) is 0 Å². The van der Waals surface area contributed by atoms with Gasteiger partial charge < -0.3 is 24.6 Å². The molecule has 0 aliphatic rings. The summed E-state index contributed by atoms with van der Waals surface area (Å²) >= 11 is 0. The van der Waals surface area contributed by atoms with Gasteiger partial charge in [0.15, 0.2) is 11.5 Å². The first-order valence-electron chi connectivity index (χ1n) is 7.01. The van der Waals surface area contributed by atoms with Gasteiger partial charge in [-0.15, -0.1) is 0 Å². The number of ether oxygens (including phenoxy) is 3. The summed E-state index contributed by atoms with van der Waals surface area (Å²) in [6, 6.07) is 5.90. The van der Waals surface area contributed by atoms with Gasteiger partial charge >= 0.3 is 0 Å². The van der Waals surface area contributed by atoms with E-state index in [0.29, 0.717) is 19.8 Å². The molecule has 0 unspecified atom stereocenters. The molecule has 20 heavy (non-hydrogen) atoms. The summed E-state index contributed by atoms with van der Waals surface area (Å²) in [5.41, 5.74) is 1.08. The number of nitrogens with one attached hydrogen (secondary N) is 1. The molecule has 0 saturated heterocycles. The Labute approximate surface area is 120 Å². The van der Waals surface area contributed by atoms with Gasteiger partial charge in [0.25, 0.3) is 0 Å². The first-order valence-corrected chi connectivity index (χ1v) is 7.01. The minimum Gasteiger partial charge on any atom is -0.493 e. The highest BCUT2D eigenvalue weighted by molar-refractivity contribution is 5.46. The van der Waals surface area contributed by atoms with Crippen LogP contribution in [0.25, 0.3) is 0 Å². The van der Waals surface area contributed by atoms with Crippen LogP contribution in [0.2, 0.25) is 0 Å². The molecule has 0 atom stereocenters. The summed E-state index contributed by atoms with van der Waals surface area (Å²) in [5.74, 6) is 1.57. The molecule has 0 heterocycles. The number of hydrogen-bond acceptors (Lipinski definition) is 5. The Morgan fingerprint density at radius 1 is 1.25 bits per heavy atom. The van der Waals surface area contributed by atoms with Gasteiger partial charge in [-0.1, -0.05) is 12.1 Å². The second-order valence-corrected chi connectivity index (χ2v) is 4.25. The first-order chi connectivity index (χ1) is 9.83. The quantitative estimate of drug-likeness (QED) is 0.604. The molecule has 0 saturated carbocycles. The van der Waals surface area contributed by atoms with Gasteiger partial charge in [0.2, 0.25) is 0 Å². The third kappa shape index (κ3) is 5.77. The topological polar surface area (TPSA) is 60.0 Å². The fourth-order valence-electron chi connectivity index (χ4n) is 1.89. The molecule has 1 aromatic rings. The van der Waals surface area contributed by atoms with E-state index in [0.717, 1.165) is 36.6 Å². The lowest BCUT2D eigenvalue weighted by Crippen LogP contribution is -2.17. The summed E-state index contributed by atoms with van der Waals surface area (Å²) in [6.45, 7) is 5.30. The molecule has 0 bridgehead atoms. The summed E-state index contributed by atoms with van der Waals surface area (Å²) in [6.07, 6.45) is 0.910. The van der Waals surface area contributed by atoms with Crippen molar-refractivity contribution in [3.8, 4) is 11.5 Å². The van der Waals surface area contributed by atoms with E-state index in [4.69, 9.17) is 19.3 Å². The van der Waals surface area contributed by atoms with Crippen molar-refractivity contribution in [3.05, 3.63) is 23.8 Å². The van der Waals surface area contributed by atoms with Crippen LogP contribution in [0.3, 0.4) is 0 Å². The van der Waals surface area contributed by atoms with Crippen LogP contribution in [0, 0.1) is 0 Å². The van der Waals surface area contributed by atoms with Crippen LogP contribution >= 0.6 is 0 Å².